The SMILES string of the molecule is CC(=O)C(CCCl)Cc1ncnn1C. The molecule has 0 saturated heterocycles. The van der Waals surface area contributed by atoms with Gasteiger partial charge in [0.2, 0.25) is 0 Å². The van der Waals surface area contributed by atoms with E-state index < -0.39 is 0 Å². The summed E-state index contributed by atoms with van der Waals surface area (Å²) in [6, 6.07) is 0. The lowest BCUT2D eigenvalue weighted by Crippen LogP contribution is -2.17. The predicted molar refractivity (Wildman–Crippen MR) is 54.2 cm³/mol. The minimum Gasteiger partial charge on any atom is -0.300 e. The lowest BCUT2D eigenvalue weighted by Gasteiger charge is -2.10. The second-order valence-corrected chi connectivity index (χ2v) is 3.67. The van der Waals surface area contributed by atoms with Crippen molar-refractivity contribution in [1.82, 2.24) is 14.8 Å². The third-order valence-electron chi connectivity index (χ3n) is 2.27. The lowest BCUT2D eigenvalue weighted by atomic mass is 9.98. The molecule has 0 amide bonds. The van der Waals surface area contributed by atoms with Gasteiger partial charge in [0.25, 0.3) is 0 Å². The van der Waals surface area contributed by atoms with Crippen LogP contribution in [0.4, 0.5) is 0 Å². The third kappa shape index (κ3) is 2.80. The van der Waals surface area contributed by atoms with Gasteiger partial charge in [0.1, 0.15) is 17.9 Å². The van der Waals surface area contributed by atoms with Crippen molar-refractivity contribution in [2.24, 2.45) is 13.0 Å². The monoisotopic (exact) mass is 215 g/mol. The first-order chi connectivity index (χ1) is 6.65. The standard InChI is InChI=1S/C9H14ClN3O/c1-7(14)8(3-4-10)5-9-11-6-12-13(9)2/h6,8H,3-5H2,1-2H3. The highest BCUT2D eigenvalue weighted by Gasteiger charge is 2.16. The maximum Gasteiger partial charge on any atom is 0.138 e. The minimum atomic E-state index is -0.0320. The van der Waals surface area contributed by atoms with Gasteiger partial charge in [0.05, 0.1) is 0 Å². The van der Waals surface area contributed by atoms with Gasteiger partial charge in [-0.1, -0.05) is 0 Å². The third-order valence-corrected chi connectivity index (χ3v) is 2.48. The highest BCUT2D eigenvalue weighted by Crippen LogP contribution is 2.12. The molecule has 5 heteroatoms. The molecule has 1 aromatic rings. The maximum absolute atomic E-state index is 11.3. The van der Waals surface area contributed by atoms with Crippen molar-refractivity contribution in [1.29, 1.82) is 0 Å². The van der Waals surface area contributed by atoms with Crippen LogP contribution in [-0.2, 0) is 18.3 Å². The summed E-state index contributed by atoms with van der Waals surface area (Å²) in [6.45, 7) is 1.59. The molecule has 0 saturated carbocycles. The van der Waals surface area contributed by atoms with E-state index >= 15 is 0 Å². The van der Waals surface area contributed by atoms with Crippen molar-refractivity contribution in [3.63, 3.8) is 0 Å². The topological polar surface area (TPSA) is 47.8 Å². The van der Waals surface area contributed by atoms with Gasteiger partial charge in [-0.3, -0.25) is 9.48 Å². The van der Waals surface area contributed by atoms with Crippen LogP contribution >= 0.6 is 11.6 Å². The van der Waals surface area contributed by atoms with Crippen LogP contribution in [0.25, 0.3) is 0 Å². The van der Waals surface area contributed by atoms with Crippen LogP contribution in [0.2, 0.25) is 0 Å². The van der Waals surface area contributed by atoms with Gasteiger partial charge < -0.3 is 0 Å². The Morgan fingerprint density at radius 3 is 2.86 bits per heavy atom. The zero-order chi connectivity index (χ0) is 10.6. The number of carbonyl (C=O) groups is 1. The maximum atomic E-state index is 11.3. The van der Waals surface area contributed by atoms with Crippen molar-refractivity contribution < 1.29 is 4.79 Å². The Morgan fingerprint density at radius 1 is 1.71 bits per heavy atom. The molecule has 0 aliphatic carbocycles. The number of carbonyl (C=O) groups excluding carboxylic acids is 1. The number of Topliss-reactive ketones (excluding diaryl/α,β-unsaturated/α-hetero) is 1. The average Bonchev–Trinajstić information content (AvgIpc) is 2.51. The summed E-state index contributed by atoms with van der Waals surface area (Å²) in [4.78, 5) is 15.3. The Morgan fingerprint density at radius 2 is 2.43 bits per heavy atom. The molecular weight excluding hydrogens is 202 g/mol. The fourth-order valence-corrected chi connectivity index (χ4v) is 1.57. The van der Waals surface area contributed by atoms with Crippen LogP contribution in [0.5, 0.6) is 0 Å². The molecule has 4 nitrogen and oxygen atoms in total. The first kappa shape index (κ1) is 11.2. The number of aryl methyl sites for hydroxylation is 1. The summed E-state index contributed by atoms with van der Waals surface area (Å²) in [6.07, 6.45) is 2.82. The minimum absolute atomic E-state index is 0.0320. The zero-order valence-electron chi connectivity index (χ0n) is 8.40. The average molecular weight is 216 g/mol. The Balaban J connectivity index is 2.64. The molecule has 78 valence electrons. The molecule has 1 rings (SSSR count). The van der Waals surface area contributed by atoms with E-state index in [1.807, 2.05) is 7.05 Å². The van der Waals surface area contributed by atoms with Crippen LogP contribution in [0.1, 0.15) is 19.2 Å². The van der Waals surface area contributed by atoms with Gasteiger partial charge in [-0.2, -0.15) is 5.10 Å². The summed E-state index contributed by atoms with van der Waals surface area (Å²) in [5.41, 5.74) is 0. The van der Waals surface area contributed by atoms with Crippen LogP contribution in [0, 0.1) is 5.92 Å². The number of hydrogen-bond acceptors (Lipinski definition) is 3. The molecule has 0 aromatic carbocycles. The van der Waals surface area contributed by atoms with Gasteiger partial charge >= 0.3 is 0 Å². The van der Waals surface area contributed by atoms with Crippen molar-refractivity contribution in [3.05, 3.63) is 12.2 Å². The van der Waals surface area contributed by atoms with E-state index in [2.05, 4.69) is 10.1 Å². The van der Waals surface area contributed by atoms with E-state index in [1.165, 1.54) is 6.33 Å². The number of nitrogens with zero attached hydrogens (tertiary/aromatic N) is 3. The quantitative estimate of drug-likeness (QED) is 0.694. The zero-order valence-corrected chi connectivity index (χ0v) is 9.16. The van der Waals surface area contributed by atoms with Crippen LogP contribution in [-0.4, -0.2) is 26.4 Å². The van der Waals surface area contributed by atoms with E-state index in [9.17, 15) is 4.79 Å². The normalized spacial score (nSPS) is 12.8. The number of rotatable bonds is 5. The molecule has 0 spiro atoms. The highest BCUT2D eigenvalue weighted by molar-refractivity contribution is 6.18. The molecule has 0 radical (unpaired) electrons. The van der Waals surface area contributed by atoms with Crippen molar-refractivity contribution in [3.8, 4) is 0 Å². The molecule has 1 aromatic heterocycles. The second-order valence-electron chi connectivity index (χ2n) is 3.29. The second kappa shape index (κ2) is 5.10. The largest absolute Gasteiger partial charge is 0.300 e. The molecule has 0 N–H and O–H groups in total. The summed E-state index contributed by atoms with van der Waals surface area (Å²) < 4.78 is 1.68. The number of ketones is 1. The number of hydrogen-bond donors (Lipinski definition) is 0. The van der Waals surface area contributed by atoms with E-state index in [0.717, 1.165) is 5.82 Å². The van der Waals surface area contributed by atoms with E-state index in [4.69, 9.17) is 11.6 Å². The van der Waals surface area contributed by atoms with Crippen LogP contribution in [0.3, 0.4) is 0 Å². The van der Waals surface area contributed by atoms with E-state index in [-0.39, 0.29) is 11.7 Å². The number of aromatic nitrogens is 3. The Labute approximate surface area is 88.3 Å². The molecule has 0 aliphatic rings. The highest BCUT2D eigenvalue weighted by atomic mass is 35.5. The smallest absolute Gasteiger partial charge is 0.138 e. The Bertz CT molecular complexity index is 311. The summed E-state index contributed by atoms with van der Waals surface area (Å²) in [5, 5.41) is 3.95. The van der Waals surface area contributed by atoms with Gasteiger partial charge in [0.15, 0.2) is 0 Å². The fourth-order valence-electron chi connectivity index (χ4n) is 1.31. The summed E-state index contributed by atoms with van der Waals surface area (Å²) in [7, 11) is 1.82. The first-order valence-electron chi connectivity index (χ1n) is 4.54. The van der Waals surface area contributed by atoms with Crippen molar-refractivity contribution in [2.75, 3.05) is 5.88 Å². The lowest BCUT2D eigenvalue weighted by molar-refractivity contribution is -0.120. The molecule has 1 atom stereocenters. The van der Waals surface area contributed by atoms with Crippen molar-refractivity contribution in [2.45, 2.75) is 19.8 Å². The predicted octanol–water partition coefficient (Wildman–Crippen LogP) is 1.19. The molecule has 1 unspecified atom stereocenters. The first-order valence-corrected chi connectivity index (χ1v) is 5.08. The molecule has 0 bridgehead atoms. The van der Waals surface area contributed by atoms with Crippen LogP contribution < -0.4 is 0 Å². The van der Waals surface area contributed by atoms with Crippen molar-refractivity contribution >= 4 is 17.4 Å². The van der Waals surface area contributed by atoms with E-state index in [0.29, 0.717) is 18.7 Å². The molecular formula is C9H14ClN3O. The molecule has 14 heavy (non-hydrogen) atoms. The van der Waals surface area contributed by atoms with Gasteiger partial charge in [-0.25, -0.2) is 4.98 Å². The Hall–Kier alpha value is -0.900. The summed E-state index contributed by atoms with van der Waals surface area (Å²) >= 11 is 5.63. The van der Waals surface area contributed by atoms with Gasteiger partial charge in [-0.15, -0.1) is 11.6 Å². The van der Waals surface area contributed by atoms with Gasteiger partial charge in [-0.05, 0) is 13.3 Å². The summed E-state index contributed by atoms with van der Waals surface area (Å²) in [5.74, 6) is 1.46. The molecule has 1 heterocycles. The van der Waals surface area contributed by atoms with Gasteiger partial charge in [0, 0.05) is 25.3 Å². The number of halogens is 1. The fraction of sp³-hybridized carbons (Fsp3) is 0.667. The van der Waals surface area contributed by atoms with E-state index in [1.54, 1.807) is 11.6 Å². The molecule has 0 aliphatic heterocycles. The number of alkyl halides is 1. The Kier molecular flexibility index (Phi) is 4.07. The molecule has 0 fully saturated rings. The van der Waals surface area contributed by atoms with Crippen LogP contribution in [0.15, 0.2) is 6.33 Å².